The maximum atomic E-state index is 12.2. The molecule has 1 atom stereocenters. The Morgan fingerprint density at radius 3 is 2.00 bits per heavy atom. The Morgan fingerprint density at radius 1 is 1.24 bits per heavy atom. The number of carbonyl (C=O) groups is 1. The average molecular weight is 236 g/mol. The summed E-state index contributed by atoms with van der Waals surface area (Å²) in [6.45, 7) is 4.94. The van der Waals surface area contributed by atoms with E-state index in [0.29, 0.717) is 19.6 Å². The lowest BCUT2D eigenvalue weighted by Crippen LogP contribution is -2.42. The maximum Gasteiger partial charge on any atom is 0.227 e. The number of rotatable bonds is 7. The standard InChI is InChI=1S/C12H20N4O/c1-10(2)11(9-15)12(17)16(7-3-5-13)8-4-6-14/h10-11H,3-4,7-9,15H2,1-2H3. The molecule has 0 radical (unpaired) electrons. The van der Waals surface area contributed by atoms with Crippen LogP contribution in [-0.2, 0) is 4.79 Å². The lowest BCUT2D eigenvalue weighted by molar-refractivity contribution is -0.136. The van der Waals surface area contributed by atoms with Crippen molar-refractivity contribution in [3.63, 3.8) is 0 Å². The molecule has 0 aliphatic rings. The van der Waals surface area contributed by atoms with Crippen molar-refractivity contribution in [1.82, 2.24) is 4.90 Å². The van der Waals surface area contributed by atoms with E-state index in [1.54, 1.807) is 4.90 Å². The molecule has 0 aromatic rings. The molecular formula is C12H20N4O. The van der Waals surface area contributed by atoms with Gasteiger partial charge < -0.3 is 10.6 Å². The average Bonchev–Trinajstić information content (AvgIpc) is 2.29. The van der Waals surface area contributed by atoms with Crippen molar-refractivity contribution in [2.24, 2.45) is 17.6 Å². The third-order valence-corrected chi connectivity index (χ3v) is 2.67. The van der Waals surface area contributed by atoms with Gasteiger partial charge in [-0.1, -0.05) is 13.8 Å². The Labute approximate surface area is 103 Å². The van der Waals surface area contributed by atoms with Gasteiger partial charge in [0.15, 0.2) is 0 Å². The highest BCUT2D eigenvalue weighted by Crippen LogP contribution is 2.13. The maximum absolute atomic E-state index is 12.2. The molecule has 2 N–H and O–H groups in total. The highest BCUT2D eigenvalue weighted by atomic mass is 16.2. The highest BCUT2D eigenvalue weighted by Gasteiger charge is 2.25. The van der Waals surface area contributed by atoms with E-state index < -0.39 is 0 Å². The van der Waals surface area contributed by atoms with Gasteiger partial charge in [-0.3, -0.25) is 4.79 Å². The molecule has 0 heterocycles. The fourth-order valence-corrected chi connectivity index (χ4v) is 1.59. The first-order valence-corrected chi connectivity index (χ1v) is 5.81. The van der Waals surface area contributed by atoms with Crippen LogP contribution in [0.5, 0.6) is 0 Å². The largest absolute Gasteiger partial charge is 0.340 e. The molecule has 0 fully saturated rings. The molecule has 0 aliphatic heterocycles. The topological polar surface area (TPSA) is 93.9 Å². The van der Waals surface area contributed by atoms with Gasteiger partial charge in [-0.15, -0.1) is 0 Å². The zero-order chi connectivity index (χ0) is 13.3. The smallest absolute Gasteiger partial charge is 0.227 e. The second-order valence-electron chi connectivity index (χ2n) is 4.23. The Kier molecular flexibility index (Phi) is 7.75. The SMILES string of the molecule is CC(C)C(CN)C(=O)N(CCC#N)CCC#N. The normalized spacial score (nSPS) is 11.6. The van der Waals surface area contributed by atoms with E-state index in [1.807, 2.05) is 26.0 Å². The van der Waals surface area contributed by atoms with Crippen LogP contribution >= 0.6 is 0 Å². The van der Waals surface area contributed by atoms with Crippen LogP contribution in [0.2, 0.25) is 0 Å². The van der Waals surface area contributed by atoms with Crippen molar-refractivity contribution in [1.29, 1.82) is 10.5 Å². The number of hydrogen-bond donors (Lipinski definition) is 1. The zero-order valence-electron chi connectivity index (χ0n) is 10.5. The molecule has 1 amide bonds. The van der Waals surface area contributed by atoms with Crippen LogP contribution in [-0.4, -0.2) is 30.4 Å². The van der Waals surface area contributed by atoms with Crippen LogP contribution in [0.4, 0.5) is 0 Å². The molecule has 0 rings (SSSR count). The summed E-state index contributed by atoms with van der Waals surface area (Å²) in [5.74, 6) is -0.112. The van der Waals surface area contributed by atoms with E-state index in [4.69, 9.17) is 16.3 Å². The van der Waals surface area contributed by atoms with Crippen molar-refractivity contribution in [3.05, 3.63) is 0 Å². The monoisotopic (exact) mass is 236 g/mol. The fourth-order valence-electron chi connectivity index (χ4n) is 1.59. The first-order chi connectivity index (χ1) is 8.08. The van der Waals surface area contributed by atoms with Gasteiger partial charge >= 0.3 is 0 Å². The molecule has 0 spiro atoms. The lowest BCUT2D eigenvalue weighted by Gasteiger charge is -2.27. The molecule has 0 aromatic carbocycles. The molecule has 1 unspecified atom stereocenters. The number of nitriles is 2. The Balaban J connectivity index is 4.60. The zero-order valence-corrected chi connectivity index (χ0v) is 10.5. The van der Waals surface area contributed by atoms with E-state index in [0.717, 1.165) is 0 Å². The van der Waals surface area contributed by atoms with Crippen LogP contribution in [0, 0.1) is 34.5 Å². The van der Waals surface area contributed by atoms with Crippen molar-refractivity contribution in [2.75, 3.05) is 19.6 Å². The lowest BCUT2D eigenvalue weighted by atomic mass is 9.94. The number of nitrogens with zero attached hydrogens (tertiary/aromatic N) is 3. The van der Waals surface area contributed by atoms with Gasteiger partial charge in [-0.25, -0.2) is 0 Å². The second-order valence-corrected chi connectivity index (χ2v) is 4.23. The number of amides is 1. The molecule has 0 aliphatic carbocycles. The predicted octanol–water partition coefficient (Wildman–Crippen LogP) is 0.873. The first kappa shape index (κ1) is 15.4. The van der Waals surface area contributed by atoms with Gasteiger partial charge in [0.1, 0.15) is 0 Å². The summed E-state index contributed by atoms with van der Waals surface area (Å²) in [6.07, 6.45) is 0.569. The predicted molar refractivity (Wildman–Crippen MR) is 64.4 cm³/mol. The van der Waals surface area contributed by atoms with E-state index in [1.165, 1.54) is 0 Å². The van der Waals surface area contributed by atoms with Gasteiger partial charge in [0.25, 0.3) is 0 Å². The van der Waals surface area contributed by atoms with E-state index in [2.05, 4.69) is 0 Å². The Bertz CT molecular complexity index is 295. The molecule has 0 saturated carbocycles. The van der Waals surface area contributed by atoms with Crippen molar-refractivity contribution >= 4 is 5.91 Å². The Hall–Kier alpha value is -1.59. The van der Waals surface area contributed by atoms with Crippen molar-refractivity contribution < 1.29 is 4.79 Å². The van der Waals surface area contributed by atoms with Crippen LogP contribution in [0.25, 0.3) is 0 Å². The molecule has 0 bridgehead atoms. The molecule has 0 aromatic heterocycles. The first-order valence-electron chi connectivity index (χ1n) is 5.81. The minimum atomic E-state index is -0.229. The van der Waals surface area contributed by atoms with E-state index >= 15 is 0 Å². The summed E-state index contributed by atoms with van der Waals surface area (Å²) < 4.78 is 0. The minimum Gasteiger partial charge on any atom is -0.340 e. The molecule has 0 saturated heterocycles. The van der Waals surface area contributed by atoms with E-state index in [9.17, 15) is 4.79 Å². The summed E-state index contributed by atoms with van der Waals surface area (Å²) in [4.78, 5) is 13.7. The quantitative estimate of drug-likeness (QED) is 0.709. The number of nitrogens with two attached hydrogens (primary N) is 1. The van der Waals surface area contributed by atoms with Gasteiger partial charge in [0.2, 0.25) is 5.91 Å². The summed E-state index contributed by atoms with van der Waals surface area (Å²) in [5, 5.41) is 17.1. The van der Waals surface area contributed by atoms with Gasteiger partial charge in [-0.05, 0) is 5.92 Å². The third kappa shape index (κ3) is 5.33. The Morgan fingerprint density at radius 2 is 1.71 bits per heavy atom. The van der Waals surface area contributed by atoms with Crippen molar-refractivity contribution in [2.45, 2.75) is 26.7 Å². The second kappa shape index (κ2) is 8.55. The molecule has 5 heteroatoms. The number of carbonyl (C=O) groups excluding carboxylic acids is 1. The summed E-state index contributed by atoms with van der Waals surface area (Å²) in [7, 11) is 0. The van der Waals surface area contributed by atoms with Gasteiger partial charge in [0, 0.05) is 19.6 Å². The van der Waals surface area contributed by atoms with Crippen LogP contribution in [0.3, 0.4) is 0 Å². The summed E-state index contributed by atoms with van der Waals surface area (Å²) in [6, 6.07) is 4.02. The van der Waals surface area contributed by atoms with Crippen LogP contribution < -0.4 is 5.73 Å². The summed E-state index contributed by atoms with van der Waals surface area (Å²) >= 11 is 0. The molecule has 17 heavy (non-hydrogen) atoms. The van der Waals surface area contributed by atoms with Crippen molar-refractivity contribution in [3.8, 4) is 12.1 Å². The number of hydrogen-bond acceptors (Lipinski definition) is 4. The molecule has 94 valence electrons. The summed E-state index contributed by atoms with van der Waals surface area (Å²) in [5.41, 5.74) is 5.59. The molecule has 5 nitrogen and oxygen atoms in total. The molecular weight excluding hydrogens is 216 g/mol. The van der Waals surface area contributed by atoms with Gasteiger partial charge in [-0.2, -0.15) is 10.5 Å². The fraction of sp³-hybridized carbons (Fsp3) is 0.750. The van der Waals surface area contributed by atoms with E-state index in [-0.39, 0.29) is 30.6 Å². The third-order valence-electron chi connectivity index (χ3n) is 2.67. The highest BCUT2D eigenvalue weighted by molar-refractivity contribution is 5.79. The van der Waals surface area contributed by atoms with Gasteiger partial charge in [0.05, 0.1) is 30.9 Å². The minimum absolute atomic E-state index is 0.0481. The van der Waals surface area contributed by atoms with Crippen LogP contribution in [0.1, 0.15) is 26.7 Å². The van der Waals surface area contributed by atoms with Crippen LogP contribution in [0.15, 0.2) is 0 Å².